The second-order valence-electron chi connectivity index (χ2n) is 3.56. The zero-order chi connectivity index (χ0) is 11.5. The van der Waals surface area contributed by atoms with E-state index in [1.54, 1.807) is 0 Å². The highest BCUT2D eigenvalue weighted by atomic mass is 16.6. The van der Waals surface area contributed by atoms with Crippen LogP contribution < -0.4 is 5.32 Å². The van der Waals surface area contributed by atoms with Crippen LogP contribution in [0.15, 0.2) is 18.2 Å². The van der Waals surface area contributed by atoms with E-state index in [0.717, 1.165) is 6.54 Å². The van der Waals surface area contributed by atoms with Crippen molar-refractivity contribution >= 4 is 5.69 Å². The van der Waals surface area contributed by atoms with Crippen LogP contribution in [-0.2, 0) is 4.74 Å². The van der Waals surface area contributed by atoms with Crippen LogP contribution >= 0.6 is 0 Å². The molecule has 0 bridgehead atoms. The zero-order valence-corrected chi connectivity index (χ0v) is 8.55. The average Bonchev–Trinajstić information content (AvgIpc) is 2.29. The maximum Gasteiger partial charge on any atom is 0.275 e. The van der Waals surface area contributed by atoms with Gasteiger partial charge in [-0.1, -0.05) is 0 Å². The largest absolute Gasteiger partial charge is 0.508 e. The standard InChI is InChI=1S/C10H12N2O4/c13-7-1-2-9(12(14)15)8(5-7)10-6-11-3-4-16-10/h1-2,5,10-11,13H,3-4,6H2. The number of nitro benzene ring substituents is 1. The first-order valence-electron chi connectivity index (χ1n) is 4.98. The van der Waals surface area contributed by atoms with E-state index in [1.807, 2.05) is 0 Å². The second-order valence-corrected chi connectivity index (χ2v) is 3.56. The van der Waals surface area contributed by atoms with Gasteiger partial charge in [0, 0.05) is 19.2 Å². The lowest BCUT2D eigenvalue weighted by molar-refractivity contribution is -0.386. The Morgan fingerprint density at radius 2 is 2.38 bits per heavy atom. The summed E-state index contributed by atoms with van der Waals surface area (Å²) in [7, 11) is 0. The highest BCUT2D eigenvalue weighted by molar-refractivity contribution is 5.46. The number of phenolic OH excluding ortho intramolecular Hbond substituents is 1. The monoisotopic (exact) mass is 224 g/mol. The van der Waals surface area contributed by atoms with Crippen LogP contribution in [0.3, 0.4) is 0 Å². The molecule has 1 aromatic rings. The predicted molar refractivity (Wildman–Crippen MR) is 56.3 cm³/mol. The van der Waals surface area contributed by atoms with E-state index < -0.39 is 4.92 Å². The summed E-state index contributed by atoms with van der Waals surface area (Å²) in [5, 5.41) is 23.3. The smallest absolute Gasteiger partial charge is 0.275 e. The molecule has 1 aliphatic rings. The Bertz CT molecular complexity index is 402. The Kier molecular flexibility index (Phi) is 3.02. The van der Waals surface area contributed by atoms with Crippen LogP contribution in [0.2, 0.25) is 0 Å². The lowest BCUT2D eigenvalue weighted by Gasteiger charge is -2.23. The number of nitrogens with zero attached hydrogens (tertiary/aromatic N) is 1. The topological polar surface area (TPSA) is 84.6 Å². The summed E-state index contributed by atoms with van der Waals surface area (Å²) in [6, 6.07) is 3.98. The van der Waals surface area contributed by atoms with E-state index in [4.69, 9.17) is 4.74 Å². The fourth-order valence-corrected chi connectivity index (χ4v) is 1.73. The molecule has 1 heterocycles. The molecular weight excluding hydrogens is 212 g/mol. The third-order valence-corrected chi connectivity index (χ3v) is 2.48. The fraction of sp³-hybridized carbons (Fsp3) is 0.400. The fourth-order valence-electron chi connectivity index (χ4n) is 1.73. The van der Waals surface area contributed by atoms with E-state index in [9.17, 15) is 15.2 Å². The molecule has 0 radical (unpaired) electrons. The van der Waals surface area contributed by atoms with Crippen molar-refractivity contribution in [3.8, 4) is 5.75 Å². The maximum absolute atomic E-state index is 10.8. The molecule has 0 spiro atoms. The van der Waals surface area contributed by atoms with Crippen LogP contribution in [0, 0.1) is 10.1 Å². The number of nitro groups is 1. The third kappa shape index (κ3) is 2.12. The number of benzene rings is 1. The molecule has 16 heavy (non-hydrogen) atoms. The number of aromatic hydroxyl groups is 1. The Hall–Kier alpha value is -1.66. The summed E-state index contributed by atoms with van der Waals surface area (Å²) in [5.41, 5.74) is 0.392. The maximum atomic E-state index is 10.8. The van der Waals surface area contributed by atoms with Crippen molar-refractivity contribution in [3.05, 3.63) is 33.9 Å². The highest BCUT2D eigenvalue weighted by Crippen LogP contribution is 2.31. The van der Waals surface area contributed by atoms with Crippen molar-refractivity contribution < 1.29 is 14.8 Å². The number of ether oxygens (including phenoxy) is 1. The van der Waals surface area contributed by atoms with Gasteiger partial charge in [-0.3, -0.25) is 10.1 Å². The zero-order valence-electron chi connectivity index (χ0n) is 8.55. The Morgan fingerprint density at radius 1 is 1.56 bits per heavy atom. The first-order chi connectivity index (χ1) is 7.68. The Morgan fingerprint density at radius 3 is 3.00 bits per heavy atom. The molecule has 6 heteroatoms. The molecule has 0 amide bonds. The summed E-state index contributed by atoms with van der Waals surface area (Å²) in [5.74, 6) is 0.00905. The van der Waals surface area contributed by atoms with Gasteiger partial charge in [-0.2, -0.15) is 0 Å². The van der Waals surface area contributed by atoms with Crippen molar-refractivity contribution in [3.63, 3.8) is 0 Å². The third-order valence-electron chi connectivity index (χ3n) is 2.48. The van der Waals surface area contributed by atoms with E-state index in [2.05, 4.69) is 5.32 Å². The Labute approximate surface area is 92.0 Å². The predicted octanol–water partition coefficient (Wildman–Crippen LogP) is 0.961. The molecule has 0 aromatic heterocycles. The second kappa shape index (κ2) is 4.46. The Balaban J connectivity index is 2.36. The van der Waals surface area contributed by atoms with Crippen molar-refractivity contribution in [1.29, 1.82) is 0 Å². The lowest BCUT2D eigenvalue weighted by Crippen LogP contribution is -2.33. The first-order valence-corrected chi connectivity index (χ1v) is 4.98. The number of nitrogens with one attached hydrogen (secondary N) is 1. The molecule has 0 saturated carbocycles. The van der Waals surface area contributed by atoms with Crippen molar-refractivity contribution in [1.82, 2.24) is 5.32 Å². The number of phenols is 1. The molecule has 6 nitrogen and oxygen atoms in total. The molecule has 0 aliphatic carbocycles. The average molecular weight is 224 g/mol. The molecule has 2 rings (SSSR count). The van der Waals surface area contributed by atoms with Crippen LogP contribution in [0.1, 0.15) is 11.7 Å². The van der Waals surface area contributed by atoms with Gasteiger partial charge in [-0.05, 0) is 12.1 Å². The van der Waals surface area contributed by atoms with E-state index >= 15 is 0 Å². The van der Waals surface area contributed by atoms with Crippen LogP contribution in [-0.4, -0.2) is 29.7 Å². The van der Waals surface area contributed by atoms with Gasteiger partial charge in [0.25, 0.3) is 5.69 Å². The van der Waals surface area contributed by atoms with Crippen LogP contribution in [0.4, 0.5) is 5.69 Å². The van der Waals surface area contributed by atoms with E-state index in [0.29, 0.717) is 18.7 Å². The van der Waals surface area contributed by atoms with Crippen molar-refractivity contribution in [2.75, 3.05) is 19.7 Å². The minimum absolute atomic E-state index is 0.00905. The van der Waals surface area contributed by atoms with Crippen molar-refractivity contribution in [2.24, 2.45) is 0 Å². The van der Waals surface area contributed by atoms with Gasteiger partial charge in [0.2, 0.25) is 0 Å². The van der Waals surface area contributed by atoms with Gasteiger partial charge >= 0.3 is 0 Å². The molecule has 1 aromatic carbocycles. The normalized spacial score (nSPS) is 20.6. The van der Waals surface area contributed by atoms with Gasteiger partial charge in [0.1, 0.15) is 11.9 Å². The summed E-state index contributed by atoms with van der Waals surface area (Å²) in [4.78, 5) is 10.4. The quantitative estimate of drug-likeness (QED) is 0.577. The molecule has 86 valence electrons. The van der Waals surface area contributed by atoms with Gasteiger partial charge < -0.3 is 15.2 Å². The number of morpholine rings is 1. The number of hydrogen-bond donors (Lipinski definition) is 2. The molecular formula is C10H12N2O4. The molecule has 2 N–H and O–H groups in total. The minimum Gasteiger partial charge on any atom is -0.508 e. The number of hydrogen-bond acceptors (Lipinski definition) is 5. The summed E-state index contributed by atoms with van der Waals surface area (Å²) in [6.07, 6.45) is -0.374. The molecule has 1 atom stereocenters. The molecule has 1 aliphatic heterocycles. The summed E-state index contributed by atoms with van der Waals surface area (Å²) < 4.78 is 5.43. The molecule has 1 fully saturated rings. The SMILES string of the molecule is O=[N+]([O-])c1ccc(O)cc1C1CNCCO1. The molecule has 1 unspecified atom stereocenters. The summed E-state index contributed by atoms with van der Waals surface area (Å²) >= 11 is 0. The lowest BCUT2D eigenvalue weighted by atomic mass is 10.1. The minimum atomic E-state index is -0.466. The highest BCUT2D eigenvalue weighted by Gasteiger charge is 2.24. The van der Waals surface area contributed by atoms with E-state index in [1.165, 1.54) is 18.2 Å². The summed E-state index contributed by atoms with van der Waals surface area (Å²) in [6.45, 7) is 1.77. The van der Waals surface area contributed by atoms with Crippen LogP contribution in [0.5, 0.6) is 5.75 Å². The van der Waals surface area contributed by atoms with Gasteiger partial charge in [0.15, 0.2) is 0 Å². The van der Waals surface area contributed by atoms with Gasteiger partial charge in [0.05, 0.1) is 17.1 Å². The van der Waals surface area contributed by atoms with Crippen LogP contribution in [0.25, 0.3) is 0 Å². The van der Waals surface area contributed by atoms with Gasteiger partial charge in [-0.25, -0.2) is 0 Å². The van der Waals surface area contributed by atoms with E-state index in [-0.39, 0.29) is 17.5 Å². The van der Waals surface area contributed by atoms with Gasteiger partial charge in [-0.15, -0.1) is 0 Å². The first kappa shape index (κ1) is 10.8. The number of rotatable bonds is 2. The molecule has 1 saturated heterocycles. The van der Waals surface area contributed by atoms with Crippen molar-refractivity contribution in [2.45, 2.75) is 6.10 Å².